The highest BCUT2D eigenvalue weighted by molar-refractivity contribution is 7.91. The van der Waals surface area contributed by atoms with Crippen LogP contribution in [0, 0.1) is 20.8 Å². The molecule has 3 rings (SSSR count). The zero-order valence-electron chi connectivity index (χ0n) is 16.3. The third-order valence-corrected chi connectivity index (χ3v) is 6.10. The molecule has 3 aromatic rings. The fourth-order valence-electron chi connectivity index (χ4n) is 2.92. The van der Waals surface area contributed by atoms with Crippen LogP contribution in [0.1, 0.15) is 16.7 Å². The number of sulfone groups is 1. The molecule has 2 aromatic carbocycles. The summed E-state index contributed by atoms with van der Waals surface area (Å²) in [5.74, 6) is -0.470. The first kappa shape index (κ1) is 20.5. The molecule has 0 aliphatic heterocycles. The summed E-state index contributed by atoms with van der Waals surface area (Å²) >= 11 is 0. The van der Waals surface area contributed by atoms with Gasteiger partial charge in [-0.3, -0.25) is 9.59 Å². The standard InChI is InChI=1S/C21H21N3O4S/c1-14-6-4-9-17(12-14)29(27,28)19-10-11-20(26)24(23-19)13-18(25)22-21-15(2)7-5-8-16(21)3/h4-12H,13H2,1-3H3,(H,22,25). The molecule has 0 bridgehead atoms. The number of amides is 1. The molecule has 0 aliphatic carbocycles. The van der Waals surface area contributed by atoms with Crippen LogP contribution in [0.15, 0.2) is 69.3 Å². The highest BCUT2D eigenvalue weighted by Gasteiger charge is 2.21. The van der Waals surface area contributed by atoms with Crippen molar-refractivity contribution in [1.82, 2.24) is 9.78 Å². The Morgan fingerprint density at radius 3 is 2.31 bits per heavy atom. The van der Waals surface area contributed by atoms with E-state index in [9.17, 15) is 18.0 Å². The average Bonchev–Trinajstić information content (AvgIpc) is 2.66. The summed E-state index contributed by atoms with van der Waals surface area (Å²) in [7, 11) is -3.91. The normalized spacial score (nSPS) is 11.3. The van der Waals surface area contributed by atoms with E-state index in [1.807, 2.05) is 32.0 Å². The number of carbonyl (C=O) groups excluding carboxylic acids is 1. The summed E-state index contributed by atoms with van der Waals surface area (Å²) in [5.41, 5.74) is 2.65. The molecular weight excluding hydrogens is 390 g/mol. The van der Waals surface area contributed by atoms with Crippen LogP contribution in [-0.2, 0) is 21.2 Å². The van der Waals surface area contributed by atoms with Crippen molar-refractivity contribution in [2.75, 3.05) is 5.32 Å². The molecule has 29 heavy (non-hydrogen) atoms. The van der Waals surface area contributed by atoms with E-state index < -0.39 is 27.8 Å². The summed E-state index contributed by atoms with van der Waals surface area (Å²) in [5, 5.41) is 6.41. The molecule has 8 heteroatoms. The summed E-state index contributed by atoms with van der Waals surface area (Å²) in [6.07, 6.45) is 0. The van der Waals surface area contributed by atoms with Crippen molar-refractivity contribution in [3.63, 3.8) is 0 Å². The van der Waals surface area contributed by atoms with Gasteiger partial charge in [-0.05, 0) is 55.7 Å². The van der Waals surface area contributed by atoms with Gasteiger partial charge in [0.2, 0.25) is 15.7 Å². The number of anilines is 1. The van der Waals surface area contributed by atoms with Crippen LogP contribution in [0.4, 0.5) is 5.69 Å². The third kappa shape index (κ3) is 4.43. The molecule has 7 nitrogen and oxygen atoms in total. The minimum absolute atomic E-state index is 0.0789. The minimum atomic E-state index is -3.91. The predicted octanol–water partition coefficient (Wildman–Crippen LogP) is 2.64. The zero-order valence-corrected chi connectivity index (χ0v) is 17.2. The van der Waals surface area contributed by atoms with Gasteiger partial charge < -0.3 is 5.32 Å². The molecule has 0 saturated carbocycles. The van der Waals surface area contributed by atoms with Gasteiger partial charge in [-0.1, -0.05) is 30.3 Å². The van der Waals surface area contributed by atoms with Crippen LogP contribution in [0.5, 0.6) is 0 Å². The van der Waals surface area contributed by atoms with Crippen molar-refractivity contribution < 1.29 is 13.2 Å². The van der Waals surface area contributed by atoms with Crippen molar-refractivity contribution >= 4 is 21.4 Å². The van der Waals surface area contributed by atoms with Crippen molar-refractivity contribution in [2.24, 2.45) is 0 Å². The number of benzene rings is 2. The van der Waals surface area contributed by atoms with Crippen LogP contribution >= 0.6 is 0 Å². The molecule has 1 heterocycles. The number of hydrogen-bond acceptors (Lipinski definition) is 5. The Balaban J connectivity index is 1.90. The molecule has 0 unspecified atom stereocenters. The lowest BCUT2D eigenvalue weighted by molar-refractivity contribution is -0.117. The Kier molecular flexibility index (Phi) is 5.65. The number of nitrogens with one attached hydrogen (secondary N) is 1. The van der Waals surface area contributed by atoms with Gasteiger partial charge in [0.25, 0.3) is 5.56 Å². The Hall–Kier alpha value is -3.26. The van der Waals surface area contributed by atoms with E-state index in [-0.39, 0.29) is 9.92 Å². The van der Waals surface area contributed by atoms with E-state index in [0.717, 1.165) is 33.5 Å². The fraction of sp³-hybridized carbons (Fsp3) is 0.190. The topological polar surface area (TPSA) is 98.1 Å². The molecule has 0 aliphatic rings. The highest BCUT2D eigenvalue weighted by atomic mass is 32.2. The van der Waals surface area contributed by atoms with Gasteiger partial charge in [0, 0.05) is 11.8 Å². The van der Waals surface area contributed by atoms with Crippen LogP contribution in [-0.4, -0.2) is 24.1 Å². The number of hydrogen-bond donors (Lipinski definition) is 1. The van der Waals surface area contributed by atoms with Gasteiger partial charge in [-0.25, -0.2) is 13.1 Å². The van der Waals surface area contributed by atoms with Gasteiger partial charge in [0.15, 0.2) is 5.03 Å². The lowest BCUT2D eigenvalue weighted by atomic mass is 10.1. The third-order valence-electron chi connectivity index (χ3n) is 4.46. The molecule has 150 valence electrons. The second-order valence-corrected chi connectivity index (χ2v) is 8.70. The second kappa shape index (κ2) is 8.00. The zero-order chi connectivity index (χ0) is 21.2. The number of nitrogens with zero attached hydrogens (tertiary/aromatic N) is 2. The number of para-hydroxylation sites is 1. The van der Waals surface area contributed by atoms with E-state index in [1.165, 1.54) is 12.1 Å². The van der Waals surface area contributed by atoms with Crippen LogP contribution in [0.2, 0.25) is 0 Å². The lowest BCUT2D eigenvalue weighted by Crippen LogP contribution is -2.30. The van der Waals surface area contributed by atoms with E-state index in [0.29, 0.717) is 5.69 Å². The van der Waals surface area contributed by atoms with E-state index >= 15 is 0 Å². The SMILES string of the molecule is Cc1cccc(S(=O)(=O)c2ccc(=O)n(CC(=O)Nc3c(C)cccc3C)n2)c1. The quantitative estimate of drug-likeness (QED) is 0.696. The Labute approximate surface area is 168 Å². The highest BCUT2D eigenvalue weighted by Crippen LogP contribution is 2.20. The number of rotatable bonds is 5. The van der Waals surface area contributed by atoms with Gasteiger partial charge in [0.1, 0.15) is 6.54 Å². The predicted molar refractivity (Wildman–Crippen MR) is 110 cm³/mol. The number of aromatic nitrogens is 2. The first-order valence-corrected chi connectivity index (χ1v) is 10.4. The van der Waals surface area contributed by atoms with Crippen molar-refractivity contribution in [1.29, 1.82) is 0 Å². The van der Waals surface area contributed by atoms with Crippen molar-refractivity contribution in [3.05, 3.63) is 81.6 Å². The van der Waals surface area contributed by atoms with Gasteiger partial charge >= 0.3 is 0 Å². The monoisotopic (exact) mass is 411 g/mol. The Bertz CT molecular complexity index is 1230. The fourth-order valence-corrected chi connectivity index (χ4v) is 4.21. The first-order valence-electron chi connectivity index (χ1n) is 8.94. The van der Waals surface area contributed by atoms with Gasteiger partial charge in [-0.2, -0.15) is 5.10 Å². The second-order valence-electron chi connectivity index (χ2n) is 6.80. The Morgan fingerprint density at radius 1 is 1.00 bits per heavy atom. The molecule has 1 amide bonds. The smallest absolute Gasteiger partial charge is 0.267 e. The van der Waals surface area contributed by atoms with E-state index in [4.69, 9.17) is 0 Å². The summed E-state index contributed by atoms with van der Waals surface area (Å²) in [4.78, 5) is 24.7. The maximum absolute atomic E-state index is 12.8. The largest absolute Gasteiger partial charge is 0.324 e. The molecule has 0 radical (unpaired) electrons. The van der Waals surface area contributed by atoms with Crippen LogP contribution in [0.25, 0.3) is 0 Å². The lowest BCUT2D eigenvalue weighted by Gasteiger charge is -2.12. The minimum Gasteiger partial charge on any atom is -0.324 e. The molecule has 0 fully saturated rings. The molecule has 0 spiro atoms. The van der Waals surface area contributed by atoms with E-state index in [1.54, 1.807) is 19.1 Å². The van der Waals surface area contributed by atoms with Gasteiger partial charge in [-0.15, -0.1) is 0 Å². The summed E-state index contributed by atoms with van der Waals surface area (Å²) in [6.45, 7) is 5.11. The molecule has 1 N–H and O–H groups in total. The average molecular weight is 411 g/mol. The van der Waals surface area contributed by atoms with Crippen LogP contribution in [0.3, 0.4) is 0 Å². The van der Waals surface area contributed by atoms with Gasteiger partial charge in [0.05, 0.1) is 4.90 Å². The van der Waals surface area contributed by atoms with Crippen molar-refractivity contribution in [3.8, 4) is 0 Å². The van der Waals surface area contributed by atoms with Crippen LogP contribution < -0.4 is 10.9 Å². The summed E-state index contributed by atoms with van der Waals surface area (Å²) < 4.78 is 26.5. The van der Waals surface area contributed by atoms with E-state index in [2.05, 4.69) is 10.4 Å². The molecular formula is C21H21N3O4S. The Morgan fingerprint density at radius 2 is 1.66 bits per heavy atom. The maximum atomic E-state index is 12.8. The van der Waals surface area contributed by atoms with Crippen molar-refractivity contribution in [2.45, 2.75) is 37.2 Å². The molecule has 0 atom stereocenters. The summed E-state index contributed by atoms with van der Waals surface area (Å²) in [6, 6.07) is 14.3. The number of carbonyl (C=O) groups is 1. The number of aryl methyl sites for hydroxylation is 3. The maximum Gasteiger partial charge on any atom is 0.267 e. The molecule has 0 saturated heterocycles. The molecule has 1 aromatic heterocycles. The first-order chi connectivity index (χ1) is 13.7.